The third kappa shape index (κ3) is 4.72. The average molecular weight is 304 g/mol. The molecule has 0 amide bonds. The predicted octanol–water partition coefficient (Wildman–Crippen LogP) is 3.36. The van der Waals surface area contributed by atoms with E-state index in [0.717, 1.165) is 17.7 Å². The monoisotopic (exact) mass is 304 g/mol. The van der Waals surface area contributed by atoms with Crippen LogP contribution in [0.1, 0.15) is 5.56 Å². The number of thiocarbonyl (C=S) groups is 1. The molecule has 2 aromatic carbocycles. The number of halogens is 1. The summed E-state index contributed by atoms with van der Waals surface area (Å²) in [7, 11) is 1.66. The number of hydrogen-bond donors (Lipinski definition) is 2. The van der Waals surface area contributed by atoms with Crippen LogP contribution in [0.5, 0.6) is 5.75 Å². The molecule has 21 heavy (non-hydrogen) atoms. The Morgan fingerprint density at radius 1 is 1.19 bits per heavy atom. The molecular weight excluding hydrogens is 287 g/mol. The van der Waals surface area contributed by atoms with Crippen molar-refractivity contribution in [3.05, 3.63) is 59.9 Å². The van der Waals surface area contributed by atoms with Gasteiger partial charge in [-0.2, -0.15) is 0 Å². The first-order valence-corrected chi connectivity index (χ1v) is 7.02. The second kappa shape index (κ2) is 7.59. The van der Waals surface area contributed by atoms with E-state index in [9.17, 15) is 4.39 Å². The number of nitrogens with one attached hydrogen (secondary N) is 2. The summed E-state index contributed by atoms with van der Waals surface area (Å²) in [5.74, 6) is 0.570. The molecule has 3 nitrogen and oxygen atoms in total. The Balaban J connectivity index is 1.82. The highest BCUT2D eigenvalue weighted by atomic mass is 32.1. The molecule has 0 unspecified atom stereocenters. The first-order chi connectivity index (χ1) is 10.2. The molecule has 0 aliphatic carbocycles. The van der Waals surface area contributed by atoms with Gasteiger partial charge in [0.15, 0.2) is 5.11 Å². The average Bonchev–Trinajstić information content (AvgIpc) is 2.47. The largest absolute Gasteiger partial charge is 0.496 e. The summed E-state index contributed by atoms with van der Waals surface area (Å²) >= 11 is 5.18. The first-order valence-electron chi connectivity index (χ1n) is 6.61. The van der Waals surface area contributed by atoms with Crippen molar-refractivity contribution < 1.29 is 9.13 Å². The van der Waals surface area contributed by atoms with Gasteiger partial charge in [-0.05, 0) is 48.5 Å². The van der Waals surface area contributed by atoms with Crippen molar-refractivity contribution in [1.82, 2.24) is 5.32 Å². The highest BCUT2D eigenvalue weighted by molar-refractivity contribution is 7.80. The quantitative estimate of drug-likeness (QED) is 0.830. The van der Waals surface area contributed by atoms with E-state index in [1.807, 2.05) is 24.3 Å². The van der Waals surface area contributed by atoms with Gasteiger partial charge in [-0.3, -0.25) is 0 Å². The van der Waals surface area contributed by atoms with Gasteiger partial charge in [-0.15, -0.1) is 0 Å². The van der Waals surface area contributed by atoms with Crippen LogP contribution in [-0.4, -0.2) is 18.8 Å². The van der Waals surface area contributed by atoms with Crippen molar-refractivity contribution in [1.29, 1.82) is 0 Å². The SMILES string of the molecule is COc1ccccc1CCNC(=S)Nc1cccc(F)c1. The van der Waals surface area contributed by atoms with Crippen LogP contribution in [0.2, 0.25) is 0 Å². The van der Waals surface area contributed by atoms with Gasteiger partial charge in [0.2, 0.25) is 0 Å². The number of methoxy groups -OCH3 is 1. The first kappa shape index (κ1) is 15.3. The van der Waals surface area contributed by atoms with Crippen LogP contribution in [0.15, 0.2) is 48.5 Å². The fraction of sp³-hybridized carbons (Fsp3) is 0.188. The molecule has 0 aliphatic rings. The Kier molecular flexibility index (Phi) is 5.51. The molecule has 2 aromatic rings. The number of benzene rings is 2. The molecule has 0 saturated carbocycles. The molecule has 5 heteroatoms. The molecule has 0 radical (unpaired) electrons. The second-order valence-corrected chi connectivity index (χ2v) is 4.86. The van der Waals surface area contributed by atoms with Crippen molar-refractivity contribution in [2.45, 2.75) is 6.42 Å². The number of ether oxygens (including phenoxy) is 1. The number of rotatable bonds is 5. The number of anilines is 1. The van der Waals surface area contributed by atoms with E-state index in [1.165, 1.54) is 12.1 Å². The fourth-order valence-electron chi connectivity index (χ4n) is 1.96. The van der Waals surface area contributed by atoms with Crippen LogP contribution >= 0.6 is 12.2 Å². The summed E-state index contributed by atoms with van der Waals surface area (Å²) in [6.45, 7) is 0.668. The van der Waals surface area contributed by atoms with Gasteiger partial charge in [-0.1, -0.05) is 24.3 Å². The zero-order valence-electron chi connectivity index (χ0n) is 11.7. The van der Waals surface area contributed by atoms with Gasteiger partial charge in [0, 0.05) is 12.2 Å². The highest BCUT2D eigenvalue weighted by Crippen LogP contribution is 2.17. The Morgan fingerprint density at radius 3 is 2.76 bits per heavy atom. The molecule has 0 aliphatic heterocycles. The molecule has 0 bridgehead atoms. The van der Waals surface area contributed by atoms with Crippen molar-refractivity contribution in [3.63, 3.8) is 0 Å². The Hall–Kier alpha value is -2.14. The van der Waals surface area contributed by atoms with E-state index in [0.29, 0.717) is 17.3 Å². The molecule has 2 N–H and O–H groups in total. The summed E-state index contributed by atoms with van der Waals surface area (Å²) in [6.07, 6.45) is 0.787. The van der Waals surface area contributed by atoms with Crippen LogP contribution in [0.4, 0.5) is 10.1 Å². The van der Waals surface area contributed by atoms with Gasteiger partial charge in [-0.25, -0.2) is 4.39 Å². The van der Waals surface area contributed by atoms with E-state index >= 15 is 0 Å². The van der Waals surface area contributed by atoms with Gasteiger partial charge >= 0.3 is 0 Å². The third-order valence-electron chi connectivity index (χ3n) is 2.95. The second-order valence-electron chi connectivity index (χ2n) is 4.45. The van der Waals surface area contributed by atoms with Crippen LogP contribution in [0.25, 0.3) is 0 Å². The molecule has 0 heterocycles. The zero-order valence-corrected chi connectivity index (χ0v) is 12.5. The van der Waals surface area contributed by atoms with Gasteiger partial charge in [0.1, 0.15) is 11.6 Å². The Labute approximate surface area is 129 Å². The van der Waals surface area contributed by atoms with Crippen LogP contribution in [0, 0.1) is 5.82 Å². The van der Waals surface area contributed by atoms with Crippen LogP contribution in [0.3, 0.4) is 0 Å². The maximum absolute atomic E-state index is 13.1. The molecular formula is C16H17FN2OS. The Bertz CT molecular complexity index is 619. The number of para-hydroxylation sites is 1. The van der Waals surface area contributed by atoms with Crippen LogP contribution in [-0.2, 0) is 6.42 Å². The topological polar surface area (TPSA) is 33.3 Å². The third-order valence-corrected chi connectivity index (χ3v) is 3.20. The minimum Gasteiger partial charge on any atom is -0.496 e. The van der Waals surface area contributed by atoms with E-state index in [-0.39, 0.29) is 5.82 Å². The van der Waals surface area contributed by atoms with E-state index in [1.54, 1.807) is 19.2 Å². The van der Waals surface area contributed by atoms with Crippen molar-refractivity contribution >= 4 is 23.0 Å². The highest BCUT2D eigenvalue weighted by Gasteiger charge is 2.02. The maximum Gasteiger partial charge on any atom is 0.170 e. The van der Waals surface area contributed by atoms with E-state index in [4.69, 9.17) is 17.0 Å². The van der Waals surface area contributed by atoms with Gasteiger partial charge in [0.25, 0.3) is 0 Å². The summed E-state index contributed by atoms with van der Waals surface area (Å²) < 4.78 is 18.4. The smallest absolute Gasteiger partial charge is 0.170 e. The lowest BCUT2D eigenvalue weighted by Gasteiger charge is -2.12. The minimum absolute atomic E-state index is 0.295. The molecule has 2 rings (SSSR count). The predicted molar refractivity (Wildman–Crippen MR) is 87.3 cm³/mol. The molecule has 0 saturated heterocycles. The number of hydrogen-bond acceptors (Lipinski definition) is 2. The van der Waals surface area contributed by atoms with Crippen molar-refractivity contribution in [3.8, 4) is 5.75 Å². The lowest BCUT2D eigenvalue weighted by molar-refractivity contribution is 0.409. The summed E-state index contributed by atoms with van der Waals surface area (Å²) in [5, 5.41) is 6.51. The molecule has 0 fully saturated rings. The lowest BCUT2D eigenvalue weighted by Crippen LogP contribution is -2.30. The van der Waals surface area contributed by atoms with Crippen LogP contribution < -0.4 is 15.4 Å². The molecule has 0 aromatic heterocycles. The molecule has 110 valence electrons. The van der Waals surface area contributed by atoms with Crippen molar-refractivity contribution in [2.75, 3.05) is 19.0 Å². The molecule has 0 spiro atoms. The van der Waals surface area contributed by atoms with E-state index < -0.39 is 0 Å². The lowest BCUT2D eigenvalue weighted by atomic mass is 10.1. The maximum atomic E-state index is 13.1. The summed E-state index contributed by atoms with van der Waals surface area (Å²) in [4.78, 5) is 0. The Morgan fingerprint density at radius 2 is 2.00 bits per heavy atom. The zero-order chi connectivity index (χ0) is 15.1. The minimum atomic E-state index is -0.295. The molecule has 0 atom stereocenters. The van der Waals surface area contributed by atoms with Crippen molar-refractivity contribution in [2.24, 2.45) is 0 Å². The summed E-state index contributed by atoms with van der Waals surface area (Å²) in [6, 6.07) is 14.0. The van der Waals surface area contributed by atoms with E-state index in [2.05, 4.69) is 10.6 Å². The standard InChI is InChI=1S/C16H17FN2OS/c1-20-15-8-3-2-5-12(15)9-10-18-16(21)19-14-7-4-6-13(17)11-14/h2-8,11H,9-10H2,1H3,(H2,18,19,21). The summed E-state index contributed by atoms with van der Waals surface area (Å²) in [5.41, 5.74) is 1.74. The fourth-order valence-corrected chi connectivity index (χ4v) is 2.18. The van der Waals surface area contributed by atoms with Gasteiger partial charge in [0.05, 0.1) is 7.11 Å². The van der Waals surface area contributed by atoms with Gasteiger partial charge < -0.3 is 15.4 Å². The normalized spacial score (nSPS) is 10.0.